The molecule has 1 aliphatic rings. The van der Waals surface area contributed by atoms with Gasteiger partial charge in [0, 0.05) is 18.3 Å². The molecule has 0 N–H and O–H groups in total. The molecule has 0 aromatic rings. The van der Waals surface area contributed by atoms with Gasteiger partial charge >= 0.3 is 5.97 Å². The Labute approximate surface area is 218 Å². The van der Waals surface area contributed by atoms with E-state index in [1.54, 1.807) is 0 Å². The second kappa shape index (κ2) is 14.7. The van der Waals surface area contributed by atoms with E-state index in [9.17, 15) is 4.79 Å². The summed E-state index contributed by atoms with van der Waals surface area (Å²) in [6, 6.07) is 0. The van der Waals surface area contributed by atoms with Crippen LogP contribution < -0.4 is 0 Å². The third-order valence-corrected chi connectivity index (χ3v) is 7.69. The van der Waals surface area contributed by atoms with Crippen LogP contribution in [0.25, 0.3) is 0 Å². The molecule has 1 heterocycles. The Balaban J connectivity index is 3.30. The van der Waals surface area contributed by atoms with Crippen LogP contribution in [0.5, 0.6) is 0 Å². The molecule has 0 spiro atoms. The minimum Gasteiger partial charge on any atom is -0.455 e. The van der Waals surface area contributed by atoms with Gasteiger partial charge in [-0.1, -0.05) is 65.8 Å². The second-order valence-electron chi connectivity index (χ2n) is 11.3. The summed E-state index contributed by atoms with van der Waals surface area (Å²) in [5, 5.41) is 0. The van der Waals surface area contributed by atoms with E-state index in [2.05, 4.69) is 73.3 Å². The lowest BCUT2D eigenvalue weighted by molar-refractivity contribution is -0.218. The van der Waals surface area contributed by atoms with Crippen LogP contribution in [-0.4, -0.2) is 44.1 Å². The van der Waals surface area contributed by atoms with Gasteiger partial charge in [-0.25, -0.2) is 0 Å². The monoisotopic (exact) mass is 504 g/mol. The molecular weight excluding hydrogens is 454 g/mol. The minimum absolute atomic E-state index is 0.0155. The zero-order chi connectivity index (χ0) is 26.8. The molecule has 0 amide bonds. The van der Waals surface area contributed by atoms with Crippen molar-refractivity contribution in [1.82, 2.24) is 0 Å². The maximum atomic E-state index is 12.9. The summed E-state index contributed by atoms with van der Waals surface area (Å²) in [4.78, 5) is 12.9. The molecule has 0 saturated carbocycles. The number of hydrogen-bond acceptors (Lipinski definition) is 4. The Morgan fingerprint density at radius 3 is 2.49 bits per heavy atom. The summed E-state index contributed by atoms with van der Waals surface area (Å²) in [5.74, 6) is 0.572. The molecule has 1 rings (SSSR count). The molecule has 0 bridgehead atoms. The molecule has 6 heteroatoms. The van der Waals surface area contributed by atoms with Gasteiger partial charge in [0.2, 0.25) is 0 Å². The van der Waals surface area contributed by atoms with Crippen LogP contribution in [0.3, 0.4) is 0 Å². The smallest absolute Gasteiger partial charge is 0.306 e. The van der Waals surface area contributed by atoms with Gasteiger partial charge in [-0.3, -0.25) is 4.79 Å². The number of carbonyl (C=O) groups is 1. The number of carbonyl (C=O) groups excluding carboxylic acids is 1. The summed E-state index contributed by atoms with van der Waals surface area (Å²) in [6.45, 7) is 22.8. The first-order chi connectivity index (χ1) is 16.3. The van der Waals surface area contributed by atoms with Crippen molar-refractivity contribution >= 4 is 21.6 Å². The molecule has 1 fully saturated rings. The number of hydrogen-bond donors (Lipinski definition) is 0. The lowest BCUT2D eigenvalue weighted by Crippen LogP contribution is -2.60. The van der Waals surface area contributed by atoms with Crippen molar-refractivity contribution in [2.75, 3.05) is 6.66 Å². The molecule has 0 aliphatic carbocycles. The Bertz CT molecular complexity index is 728. The van der Waals surface area contributed by atoms with Crippen LogP contribution >= 0.6 is 8.03 Å². The quantitative estimate of drug-likeness (QED) is 0.0793. The highest BCUT2D eigenvalue weighted by Crippen LogP contribution is 2.48. The first kappa shape index (κ1) is 32.1. The first-order valence-electron chi connectivity index (χ1n) is 13.2. The van der Waals surface area contributed by atoms with E-state index in [-0.39, 0.29) is 23.6 Å². The lowest BCUT2D eigenvalue weighted by atomic mass is 9.67. The van der Waals surface area contributed by atoms with Crippen LogP contribution in [0.4, 0.5) is 0 Å². The molecule has 2 radical (unpaired) electrons. The number of unbranched alkanes of at least 4 members (excludes halogenated alkanes) is 2. The molecule has 1 aliphatic heterocycles. The summed E-state index contributed by atoms with van der Waals surface area (Å²) in [5.41, 5.74) is 0.00154. The predicted octanol–water partition coefficient (Wildman–Crippen LogP) is 7.92. The van der Waals surface area contributed by atoms with Crippen LogP contribution in [0.1, 0.15) is 93.9 Å². The van der Waals surface area contributed by atoms with Crippen molar-refractivity contribution < 1.29 is 18.8 Å². The fourth-order valence-corrected chi connectivity index (χ4v) is 5.27. The van der Waals surface area contributed by atoms with E-state index in [0.717, 1.165) is 31.3 Å². The van der Waals surface area contributed by atoms with Crippen molar-refractivity contribution in [2.24, 2.45) is 17.3 Å². The van der Waals surface area contributed by atoms with Crippen LogP contribution in [0, 0.1) is 17.3 Å². The SMILES string of the molecule is [B]P(C)OC(C[C@@H]1C/C(=C\C)[C@H](OC(=O)CCCCC=C)[C@](C)(C(C)(C)/C=C/C(C)C)O1)C(C)C. The fraction of sp³-hybridized carbons (Fsp3) is 0.759. The predicted molar refractivity (Wildman–Crippen MR) is 151 cm³/mol. The van der Waals surface area contributed by atoms with Gasteiger partial charge < -0.3 is 14.0 Å². The largest absolute Gasteiger partial charge is 0.455 e. The molecule has 0 aromatic heterocycles. The fourth-order valence-electron chi connectivity index (χ4n) is 4.51. The van der Waals surface area contributed by atoms with Gasteiger partial charge in [0.15, 0.2) is 6.10 Å². The Morgan fingerprint density at radius 2 is 1.97 bits per heavy atom. The van der Waals surface area contributed by atoms with Crippen molar-refractivity contribution in [2.45, 2.75) is 118 Å². The highest BCUT2D eigenvalue weighted by molar-refractivity contribution is 7.77. The minimum atomic E-state index is -0.960. The lowest BCUT2D eigenvalue weighted by Gasteiger charge is -2.53. The third-order valence-electron chi connectivity index (χ3n) is 7.09. The molecule has 35 heavy (non-hydrogen) atoms. The maximum absolute atomic E-state index is 12.9. The van der Waals surface area contributed by atoms with Gasteiger partial charge in [-0.15, -0.1) is 6.58 Å². The van der Waals surface area contributed by atoms with Crippen molar-refractivity contribution in [1.29, 1.82) is 0 Å². The van der Waals surface area contributed by atoms with Crippen molar-refractivity contribution in [3.05, 3.63) is 36.5 Å². The van der Waals surface area contributed by atoms with Crippen LogP contribution in [-0.2, 0) is 18.8 Å². The van der Waals surface area contributed by atoms with Gasteiger partial charge in [-0.2, -0.15) is 0 Å². The van der Waals surface area contributed by atoms with Gasteiger partial charge in [-0.05, 0) is 71.6 Å². The van der Waals surface area contributed by atoms with Gasteiger partial charge in [0.1, 0.15) is 13.2 Å². The van der Waals surface area contributed by atoms with Gasteiger partial charge in [0.05, 0.1) is 12.2 Å². The van der Waals surface area contributed by atoms with E-state index in [1.165, 1.54) is 0 Å². The summed E-state index contributed by atoms with van der Waals surface area (Å²) in [6.07, 6.45) is 12.5. The van der Waals surface area contributed by atoms with Crippen molar-refractivity contribution in [3.8, 4) is 0 Å². The number of allylic oxidation sites excluding steroid dienone is 3. The molecule has 1 saturated heterocycles. The standard InChI is InChI=1S/C29H50BO4P/c1-11-13-14-15-16-26(31)32-27-23(12-2)19-24(20-25(22(5)6)34-35(10)30)33-29(27,9)28(7,8)18-17-21(3)4/h11-12,17-18,21-22,24-25,27H,1,13-16,19-20H2,2-10H3/b18-17+,23-12+/t24-,25?,27-,29+,35?/m0/s1. The molecule has 2 unspecified atom stereocenters. The van der Waals surface area contributed by atoms with E-state index >= 15 is 0 Å². The zero-order valence-electron chi connectivity index (χ0n) is 23.8. The van der Waals surface area contributed by atoms with Crippen molar-refractivity contribution in [3.63, 3.8) is 0 Å². The Kier molecular flexibility index (Phi) is 13.5. The highest BCUT2D eigenvalue weighted by atomic mass is 31.1. The molecule has 198 valence electrons. The number of ether oxygens (including phenoxy) is 2. The molecule has 0 aromatic carbocycles. The first-order valence-corrected chi connectivity index (χ1v) is 15.0. The van der Waals surface area contributed by atoms with Crippen LogP contribution in [0.15, 0.2) is 36.5 Å². The Morgan fingerprint density at radius 1 is 1.31 bits per heavy atom. The number of rotatable bonds is 14. The molecular formula is C29H50BO4P. The van der Waals surface area contributed by atoms with Gasteiger partial charge in [0.25, 0.3) is 0 Å². The zero-order valence-corrected chi connectivity index (χ0v) is 24.7. The van der Waals surface area contributed by atoms with Crippen LogP contribution in [0.2, 0.25) is 0 Å². The van der Waals surface area contributed by atoms with E-state index in [0.29, 0.717) is 24.7 Å². The number of esters is 1. The topological polar surface area (TPSA) is 44.8 Å². The molecule has 4 nitrogen and oxygen atoms in total. The normalized spacial score (nSPS) is 26.4. The maximum Gasteiger partial charge on any atom is 0.306 e. The average molecular weight is 505 g/mol. The van der Waals surface area contributed by atoms with E-state index < -0.39 is 19.7 Å². The highest BCUT2D eigenvalue weighted by Gasteiger charge is 2.54. The summed E-state index contributed by atoms with van der Waals surface area (Å²) >= 11 is 0. The molecule has 5 atom stereocenters. The van der Waals surface area contributed by atoms with E-state index in [4.69, 9.17) is 21.6 Å². The summed E-state index contributed by atoms with van der Waals surface area (Å²) in [7, 11) is 5.07. The third kappa shape index (κ3) is 9.82. The second-order valence-corrected chi connectivity index (χ2v) is 12.6. The van der Waals surface area contributed by atoms with E-state index in [1.807, 2.05) is 19.7 Å². The average Bonchev–Trinajstić information content (AvgIpc) is 2.76. The Hall–Kier alpha value is -0.895. The summed E-state index contributed by atoms with van der Waals surface area (Å²) < 4.78 is 19.2.